The van der Waals surface area contributed by atoms with Crippen LogP contribution < -0.4 is 10.2 Å². The summed E-state index contributed by atoms with van der Waals surface area (Å²) in [6.45, 7) is 8.46. The van der Waals surface area contributed by atoms with E-state index in [-0.39, 0.29) is 11.4 Å². The number of rotatable bonds is 3. The van der Waals surface area contributed by atoms with Gasteiger partial charge in [0.1, 0.15) is 0 Å². The Balaban J connectivity index is 1.90. The number of carbonyl (C=O) groups excluding carboxylic acids is 1. The molecule has 0 fully saturated rings. The zero-order valence-corrected chi connectivity index (χ0v) is 15.3. The van der Waals surface area contributed by atoms with Crippen molar-refractivity contribution in [2.45, 2.75) is 33.2 Å². The first kappa shape index (κ1) is 16.1. The van der Waals surface area contributed by atoms with Gasteiger partial charge in [0, 0.05) is 11.4 Å². The molecule has 0 saturated heterocycles. The summed E-state index contributed by atoms with van der Waals surface area (Å²) in [5, 5.41) is 7.17. The summed E-state index contributed by atoms with van der Waals surface area (Å²) < 4.78 is 0. The molecule has 120 valence electrons. The van der Waals surface area contributed by atoms with Crippen LogP contribution in [0.25, 0.3) is 0 Å². The lowest BCUT2D eigenvalue weighted by atomic mass is 10.0. The minimum Gasteiger partial charge on any atom is -0.322 e. The highest BCUT2D eigenvalue weighted by Crippen LogP contribution is 2.38. The lowest BCUT2D eigenvalue weighted by molar-refractivity contribution is 0.0954. The lowest BCUT2D eigenvalue weighted by Gasteiger charge is -2.31. The first-order valence-electron chi connectivity index (χ1n) is 7.51. The van der Waals surface area contributed by atoms with E-state index < -0.39 is 0 Å². The summed E-state index contributed by atoms with van der Waals surface area (Å²) in [5.74, 6) is -0.0204. The van der Waals surface area contributed by atoms with Crippen LogP contribution in [-0.4, -0.2) is 11.4 Å². The molecule has 1 aromatic carbocycles. The molecular formula is C18H20N2OS2. The molecule has 1 amide bonds. The summed E-state index contributed by atoms with van der Waals surface area (Å²) in [5.41, 5.74) is 5.95. The first-order chi connectivity index (χ1) is 11.0. The molecule has 1 unspecified atom stereocenters. The molecule has 0 spiro atoms. The molecule has 0 bridgehead atoms. The Labute approximate surface area is 145 Å². The third-order valence-electron chi connectivity index (χ3n) is 3.86. The average molecular weight is 345 g/mol. The van der Waals surface area contributed by atoms with Crippen molar-refractivity contribution in [2.24, 2.45) is 0 Å². The number of nitrogens with zero attached hydrogens (tertiary/aromatic N) is 1. The highest BCUT2D eigenvalue weighted by atomic mass is 32.2. The monoisotopic (exact) mass is 344 g/mol. The van der Waals surface area contributed by atoms with Crippen LogP contribution in [0.15, 0.2) is 40.8 Å². The fourth-order valence-electron chi connectivity index (χ4n) is 3.00. The van der Waals surface area contributed by atoms with Gasteiger partial charge < -0.3 is 10.2 Å². The summed E-state index contributed by atoms with van der Waals surface area (Å²) in [4.78, 5) is 15.4. The van der Waals surface area contributed by atoms with Gasteiger partial charge >= 0.3 is 0 Å². The van der Waals surface area contributed by atoms with Gasteiger partial charge in [-0.05, 0) is 55.7 Å². The zero-order valence-electron chi connectivity index (χ0n) is 13.7. The largest absolute Gasteiger partial charge is 0.322 e. The van der Waals surface area contributed by atoms with Gasteiger partial charge in [0.25, 0.3) is 5.91 Å². The van der Waals surface area contributed by atoms with Crippen molar-refractivity contribution in [3.8, 4) is 0 Å². The Morgan fingerprint density at radius 3 is 2.48 bits per heavy atom. The van der Waals surface area contributed by atoms with E-state index in [0.717, 1.165) is 10.6 Å². The van der Waals surface area contributed by atoms with Gasteiger partial charge in [-0.15, -0.1) is 11.3 Å². The molecule has 0 radical (unpaired) electrons. The van der Waals surface area contributed by atoms with E-state index in [2.05, 4.69) is 55.5 Å². The first-order valence-corrected chi connectivity index (χ1v) is 9.33. The normalized spacial score (nSPS) is 17.3. The van der Waals surface area contributed by atoms with Gasteiger partial charge in [0.2, 0.25) is 0 Å². The number of thioether (sulfide) groups is 1. The van der Waals surface area contributed by atoms with E-state index in [4.69, 9.17) is 0 Å². The maximum Gasteiger partial charge on any atom is 0.263 e. The molecule has 1 aliphatic rings. The van der Waals surface area contributed by atoms with E-state index in [0.29, 0.717) is 0 Å². The number of hydrogen-bond donors (Lipinski definition) is 1. The standard InChI is InChI=1S/C18H20N2OS2/c1-11-8-12(2)16(13(3)9-11)20-14(4)10-23-18(20)19-17(21)15-6-5-7-22-15/h5-10,18H,1-4H3,(H,19,21). The number of hydrogen-bond acceptors (Lipinski definition) is 4. The van der Waals surface area contributed by atoms with E-state index in [1.807, 2.05) is 17.5 Å². The molecule has 2 aromatic rings. The lowest BCUT2D eigenvalue weighted by Crippen LogP contribution is -2.43. The van der Waals surface area contributed by atoms with Crippen LogP contribution in [0.4, 0.5) is 5.69 Å². The molecule has 0 saturated carbocycles. The summed E-state index contributed by atoms with van der Waals surface area (Å²) in [7, 11) is 0. The third-order valence-corrected chi connectivity index (χ3v) is 5.79. The SMILES string of the molecule is CC1=CSC(NC(=O)c2cccs2)N1c1c(C)cc(C)cc1C. The van der Waals surface area contributed by atoms with Gasteiger partial charge in [0.15, 0.2) is 5.50 Å². The second-order valence-corrected chi connectivity index (χ2v) is 7.72. The van der Waals surface area contributed by atoms with E-state index >= 15 is 0 Å². The second kappa shape index (κ2) is 6.42. The molecule has 1 N–H and O–H groups in total. The predicted molar refractivity (Wildman–Crippen MR) is 100 cm³/mol. The van der Waals surface area contributed by atoms with Crippen molar-refractivity contribution >= 4 is 34.7 Å². The van der Waals surface area contributed by atoms with Gasteiger partial charge in [-0.1, -0.05) is 35.5 Å². The number of aryl methyl sites for hydroxylation is 3. The number of thiophene rings is 1. The van der Waals surface area contributed by atoms with E-state index in [1.165, 1.54) is 33.7 Å². The molecule has 5 heteroatoms. The Morgan fingerprint density at radius 2 is 1.87 bits per heavy atom. The molecule has 23 heavy (non-hydrogen) atoms. The van der Waals surface area contributed by atoms with Crippen molar-refractivity contribution in [1.29, 1.82) is 0 Å². The number of carbonyl (C=O) groups is 1. The average Bonchev–Trinajstić information content (AvgIpc) is 3.11. The van der Waals surface area contributed by atoms with Crippen molar-refractivity contribution in [3.05, 3.63) is 62.3 Å². The van der Waals surface area contributed by atoms with Crippen molar-refractivity contribution in [2.75, 3.05) is 4.90 Å². The second-order valence-electron chi connectivity index (χ2n) is 5.82. The van der Waals surface area contributed by atoms with E-state index in [1.54, 1.807) is 11.8 Å². The van der Waals surface area contributed by atoms with Crippen LogP contribution >= 0.6 is 23.1 Å². The van der Waals surface area contributed by atoms with Crippen LogP contribution in [-0.2, 0) is 0 Å². The molecule has 1 aromatic heterocycles. The van der Waals surface area contributed by atoms with Crippen LogP contribution in [0.2, 0.25) is 0 Å². The number of nitrogens with one attached hydrogen (secondary N) is 1. The molecule has 3 rings (SSSR count). The Hall–Kier alpha value is -1.72. The zero-order chi connectivity index (χ0) is 16.6. The summed E-state index contributed by atoms with van der Waals surface area (Å²) in [6.07, 6.45) is 0. The molecule has 2 heterocycles. The topological polar surface area (TPSA) is 32.3 Å². The fraction of sp³-hybridized carbons (Fsp3) is 0.278. The molecule has 0 aliphatic carbocycles. The Bertz CT molecular complexity index is 742. The number of anilines is 1. The van der Waals surface area contributed by atoms with Crippen LogP contribution in [0, 0.1) is 20.8 Å². The molecule has 1 atom stereocenters. The maximum atomic E-state index is 12.4. The fourth-order valence-corrected chi connectivity index (χ4v) is 4.64. The smallest absolute Gasteiger partial charge is 0.263 e. The van der Waals surface area contributed by atoms with Gasteiger partial charge in [0.05, 0.1) is 4.88 Å². The minimum atomic E-state index is -0.107. The van der Waals surface area contributed by atoms with Gasteiger partial charge in [-0.2, -0.15) is 0 Å². The quantitative estimate of drug-likeness (QED) is 0.868. The number of amides is 1. The molecule has 3 nitrogen and oxygen atoms in total. The molecular weight excluding hydrogens is 324 g/mol. The van der Waals surface area contributed by atoms with Crippen molar-refractivity contribution < 1.29 is 4.79 Å². The third kappa shape index (κ3) is 3.16. The number of benzene rings is 1. The van der Waals surface area contributed by atoms with E-state index in [9.17, 15) is 4.79 Å². The Morgan fingerprint density at radius 1 is 1.17 bits per heavy atom. The number of allylic oxidation sites excluding steroid dienone is 1. The van der Waals surface area contributed by atoms with Gasteiger partial charge in [-0.25, -0.2) is 0 Å². The molecule has 1 aliphatic heterocycles. The minimum absolute atomic E-state index is 0.0204. The predicted octanol–water partition coefficient (Wildman–Crippen LogP) is 4.80. The maximum absolute atomic E-state index is 12.4. The van der Waals surface area contributed by atoms with Crippen LogP contribution in [0.3, 0.4) is 0 Å². The Kier molecular flexibility index (Phi) is 4.50. The van der Waals surface area contributed by atoms with Gasteiger partial charge in [-0.3, -0.25) is 4.79 Å². The highest BCUT2D eigenvalue weighted by Gasteiger charge is 2.29. The van der Waals surface area contributed by atoms with Crippen molar-refractivity contribution in [1.82, 2.24) is 5.32 Å². The van der Waals surface area contributed by atoms with Crippen LogP contribution in [0.1, 0.15) is 33.3 Å². The van der Waals surface area contributed by atoms with Crippen LogP contribution in [0.5, 0.6) is 0 Å². The summed E-state index contributed by atoms with van der Waals surface area (Å²) in [6, 6.07) is 8.14. The highest BCUT2D eigenvalue weighted by molar-refractivity contribution is 8.03. The summed E-state index contributed by atoms with van der Waals surface area (Å²) >= 11 is 3.10. The van der Waals surface area contributed by atoms with Crippen molar-refractivity contribution in [3.63, 3.8) is 0 Å².